The van der Waals surface area contributed by atoms with Gasteiger partial charge in [0.15, 0.2) is 11.5 Å². The van der Waals surface area contributed by atoms with E-state index >= 15 is 0 Å². The highest BCUT2D eigenvalue weighted by atomic mass is 79.9. The predicted molar refractivity (Wildman–Crippen MR) is 95.1 cm³/mol. The van der Waals surface area contributed by atoms with Gasteiger partial charge in [-0.1, -0.05) is 0 Å². The first-order valence-corrected chi connectivity index (χ1v) is 7.81. The van der Waals surface area contributed by atoms with E-state index in [1.54, 1.807) is 46.3 Å². The number of nitriles is 1. The zero-order valence-electron chi connectivity index (χ0n) is 13.8. The van der Waals surface area contributed by atoms with Crippen molar-refractivity contribution >= 4 is 22.1 Å². The molecule has 0 radical (unpaired) electrons. The van der Waals surface area contributed by atoms with Crippen molar-refractivity contribution in [2.75, 3.05) is 14.2 Å². The topological polar surface area (TPSA) is 76.6 Å². The first-order chi connectivity index (χ1) is 11.4. The van der Waals surface area contributed by atoms with E-state index in [0.717, 1.165) is 4.47 Å². The van der Waals surface area contributed by atoms with Gasteiger partial charge < -0.3 is 9.47 Å². The Kier molecular flexibility index (Phi) is 5.42. The number of aryl methyl sites for hydroxylation is 2. The molecule has 1 aromatic heterocycles. The first kappa shape index (κ1) is 17.8. The molecule has 0 spiro atoms. The monoisotopic (exact) mass is 389 g/mol. The molecule has 7 heteroatoms. The fourth-order valence-electron chi connectivity index (χ4n) is 2.25. The Morgan fingerprint density at radius 2 is 1.83 bits per heavy atom. The Labute approximate surface area is 148 Å². The fraction of sp³-hybridized carbons (Fsp3) is 0.235. The summed E-state index contributed by atoms with van der Waals surface area (Å²) < 4.78 is 12.4. The van der Waals surface area contributed by atoms with Crippen molar-refractivity contribution < 1.29 is 9.47 Å². The number of halogens is 1. The van der Waals surface area contributed by atoms with Crippen LogP contribution < -0.4 is 15.0 Å². The van der Waals surface area contributed by atoms with Crippen LogP contribution in [0, 0.1) is 25.2 Å². The number of rotatable bonds is 4. The summed E-state index contributed by atoms with van der Waals surface area (Å²) in [6.07, 6.45) is 1.52. The van der Waals surface area contributed by atoms with Gasteiger partial charge in [0, 0.05) is 15.7 Å². The molecule has 0 saturated heterocycles. The number of benzene rings is 1. The number of hydrogen-bond acceptors (Lipinski definition) is 5. The molecule has 0 aliphatic rings. The standard InChI is InChI=1S/C17H16BrN3O3/c1-10-5-11(2)21(17(22)13(10)8-19)20-9-12-6-15(23-3)16(24-4)7-14(12)18/h5-7,9H,1-4H3. The smallest absolute Gasteiger partial charge is 0.289 e. The van der Waals surface area contributed by atoms with Crippen molar-refractivity contribution in [1.29, 1.82) is 5.26 Å². The average molecular weight is 390 g/mol. The molecule has 0 atom stereocenters. The van der Waals surface area contributed by atoms with Crippen LogP contribution in [0.4, 0.5) is 0 Å². The minimum absolute atomic E-state index is 0.0872. The maximum atomic E-state index is 12.3. The van der Waals surface area contributed by atoms with Crippen LogP contribution in [0.1, 0.15) is 22.4 Å². The highest BCUT2D eigenvalue weighted by molar-refractivity contribution is 9.10. The average Bonchev–Trinajstić information content (AvgIpc) is 2.55. The highest BCUT2D eigenvalue weighted by Crippen LogP contribution is 2.32. The van der Waals surface area contributed by atoms with Crippen LogP contribution in [0.2, 0.25) is 0 Å². The number of ether oxygens (including phenoxy) is 2. The molecule has 124 valence electrons. The van der Waals surface area contributed by atoms with Gasteiger partial charge in [0.25, 0.3) is 5.56 Å². The number of aromatic nitrogens is 1. The lowest BCUT2D eigenvalue weighted by Gasteiger charge is -2.10. The van der Waals surface area contributed by atoms with Gasteiger partial charge in [-0.05, 0) is 53.5 Å². The minimum atomic E-state index is -0.442. The van der Waals surface area contributed by atoms with Crippen molar-refractivity contribution in [2.45, 2.75) is 13.8 Å². The molecule has 2 aromatic rings. The Morgan fingerprint density at radius 3 is 2.42 bits per heavy atom. The first-order valence-electron chi connectivity index (χ1n) is 7.02. The summed E-state index contributed by atoms with van der Waals surface area (Å²) in [5.41, 5.74) is 1.63. The SMILES string of the molecule is COc1cc(Br)c(C=Nn2c(C)cc(C)c(C#N)c2=O)cc1OC. The van der Waals surface area contributed by atoms with Gasteiger partial charge in [0.05, 0.1) is 20.4 Å². The van der Waals surface area contributed by atoms with E-state index in [9.17, 15) is 4.79 Å². The fourth-order valence-corrected chi connectivity index (χ4v) is 2.67. The molecule has 2 rings (SSSR count). The number of methoxy groups -OCH3 is 2. The quantitative estimate of drug-likeness (QED) is 0.753. The minimum Gasteiger partial charge on any atom is -0.493 e. The van der Waals surface area contributed by atoms with Crippen molar-refractivity contribution in [3.63, 3.8) is 0 Å². The third kappa shape index (κ3) is 3.34. The number of nitrogens with zero attached hydrogens (tertiary/aromatic N) is 3. The van der Waals surface area contributed by atoms with E-state index in [2.05, 4.69) is 21.0 Å². The van der Waals surface area contributed by atoms with Crippen molar-refractivity contribution in [3.8, 4) is 17.6 Å². The third-order valence-corrected chi connectivity index (χ3v) is 4.17. The molecule has 0 unspecified atom stereocenters. The van der Waals surface area contributed by atoms with Crippen LogP contribution in [0.25, 0.3) is 0 Å². The van der Waals surface area contributed by atoms with Crippen LogP contribution in [-0.4, -0.2) is 25.1 Å². The van der Waals surface area contributed by atoms with Crippen LogP contribution in [-0.2, 0) is 0 Å². The second-order valence-corrected chi connectivity index (χ2v) is 5.90. The normalized spacial score (nSPS) is 10.7. The molecule has 0 amide bonds. The molecule has 0 saturated carbocycles. The third-order valence-electron chi connectivity index (χ3n) is 3.49. The van der Waals surface area contributed by atoms with Gasteiger partial charge in [0.2, 0.25) is 0 Å². The van der Waals surface area contributed by atoms with E-state index in [-0.39, 0.29) is 5.56 Å². The molecule has 0 aliphatic carbocycles. The van der Waals surface area contributed by atoms with E-state index in [0.29, 0.717) is 28.3 Å². The van der Waals surface area contributed by atoms with Crippen molar-refractivity contribution in [3.05, 3.63) is 55.4 Å². The van der Waals surface area contributed by atoms with Gasteiger partial charge >= 0.3 is 0 Å². The number of hydrogen-bond donors (Lipinski definition) is 0. The van der Waals surface area contributed by atoms with Crippen molar-refractivity contribution in [1.82, 2.24) is 4.68 Å². The summed E-state index contributed by atoms with van der Waals surface area (Å²) in [7, 11) is 3.09. The van der Waals surface area contributed by atoms with Crippen LogP contribution in [0.15, 0.2) is 32.6 Å². The lowest BCUT2D eigenvalue weighted by Crippen LogP contribution is -2.22. The Morgan fingerprint density at radius 1 is 1.21 bits per heavy atom. The van der Waals surface area contributed by atoms with Gasteiger partial charge in [0.1, 0.15) is 11.6 Å². The molecule has 0 fully saturated rings. The Bertz CT molecular complexity index is 911. The Hall–Kier alpha value is -2.59. The summed E-state index contributed by atoms with van der Waals surface area (Å²) in [5, 5.41) is 13.3. The maximum absolute atomic E-state index is 12.3. The zero-order chi connectivity index (χ0) is 17.9. The second kappa shape index (κ2) is 7.32. The summed E-state index contributed by atoms with van der Waals surface area (Å²) in [5.74, 6) is 1.13. The molecular formula is C17H16BrN3O3. The highest BCUT2D eigenvalue weighted by Gasteiger charge is 2.11. The molecule has 1 heterocycles. The maximum Gasteiger partial charge on any atom is 0.289 e. The molecule has 24 heavy (non-hydrogen) atoms. The zero-order valence-corrected chi connectivity index (χ0v) is 15.3. The predicted octanol–water partition coefficient (Wildman–Crippen LogP) is 3.00. The largest absolute Gasteiger partial charge is 0.493 e. The van der Waals surface area contributed by atoms with Crippen LogP contribution in [0.3, 0.4) is 0 Å². The van der Waals surface area contributed by atoms with Gasteiger partial charge in [-0.2, -0.15) is 10.4 Å². The molecule has 6 nitrogen and oxygen atoms in total. The van der Waals surface area contributed by atoms with Crippen LogP contribution in [0.5, 0.6) is 11.5 Å². The molecule has 0 bridgehead atoms. The Balaban J connectivity index is 2.54. The van der Waals surface area contributed by atoms with Gasteiger partial charge in [-0.25, -0.2) is 4.68 Å². The lowest BCUT2D eigenvalue weighted by atomic mass is 10.1. The molecule has 1 aromatic carbocycles. The van der Waals surface area contributed by atoms with E-state index in [1.807, 2.05) is 6.07 Å². The molecular weight excluding hydrogens is 374 g/mol. The summed E-state index contributed by atoms with van der Waals surface area (Å²) in [4.78, 5) is 12.3. The summed E-state index contributed by atoms with van der Waals surface area (Å²) >= 11 is 3.44. The van der Waals surface area contributed by atoms with Gasteiger partial charge in [-0.3, -0.25) is 4.79 Å². The lowest BCUT2D eigenvalue weighted by molar-refractivity contribution is 0.354. The van der Waals surface area contributed by atoms with E-state index in [4.69, 9.17) is 14.7 Å². The van der Waals surface area contributed by atoms with Crippen molar-refractivity contribution in [2.24, 2.45) is 5.10 Å². The van der Waals surface area contributed by atoms with Gasteiger partial charge in [-0.15, -0.1) is 0 Å². The number of pyridine rings is 1. The van der Waals surface area contributed by atoms with Crippen LogP contribution >= 0.6 is 15.9 Å². The van der Waals surface area contributed by atoms with E-state index in [1.165, 1.54) is 10.9 Å². The second-order valence-electron chi connectivity index (χ2n) is 5.05. The molecule has 0 aliphatic heterocycles. The summed E-state index contributed by atoms with van der Waals surface area (Å²) in [6.45, 7) is 3.49. The van der Waals surface area contributed by atoms with E-state index < -0.39 is 5.56 Å². The molecule has 0 N–H and O–H groups in total. The summed E-state index contributed by atoms with van der Waals surface area (Å²) in [6, 6.07) is 7.17.